The molecular formula is C20H17ClN2O7. The van der Waals surface area contributed by atoms with E-state index in [0.717, 1.165) is 4.90 Å². The number of aromatic hydroxyl groups is 1. The van der Waals surface area contributed by atoms with E-state index in [1.165, 1.54) is 57.7 Å². The molecule has 1 aliphatic rings. The first-order valence-electron chi connectivity index (χ1n) is 8.50. The molecule has 30 heavy (non-hydrogen) atoms. The number of urea groups is 1. The Morgan fingerprint density at radius 3 is 2.27 bits per heavy atom. The summed E-state index contributed by atoms with van der Waals surface area (Å²) in [4.78, 5) is 38.7. The smallest absolute Gasteiger partial charge is 0.336 e. The molecule has 0 unspecified atom stereocenters. The number of nitrogens with zero attached hydrogens (tertiary/aromatic N) is 1. The molecule has 2 aromatic carbocycles. The van der Waals surface area contributed by atoms with Gasteiger partial charge in [0, 0.05) is 12.1 Å². The van der Waals surface area contributed by atoms with Crippen LogP contribution in [0.15, 0.2) is 35.9 Å². The SMILES string of the molecule is COc1cc(/C=C2\C(=O)NC(=O)N(c3cc(OC)c(Cl)cc3OC)C2=O)ccc1O. The zero-order valence-corrected chi connectivity index (χ0v) is 16.9. The van der Waals surface area contributed by atoms with Crippen LogP contribution in [-0.4, -0.2) is 44.3 Å². The van der Waals surface area contributed by atoms with Crippen molar-refractivity contribution in [3.8, 4) is 23.0 Å². The summed E-state index contributed by atoms with van der Waals surface area (Å²) in [5, 5.41) is 12.1. The summed E-state index contributed by atoms with van der Waals surface area (Å²) >= 11 is 6.09. The Kier molecular flexibility index (Phi) is 5.84. The van der Waals surface area contributed by atoms with Gasteiger partial charge in [0.2, 0.25) is 0 Å². The predicted molar refractivity (Wildman–Crippen MR) is 108 cm³/mol. The minimum absolute atomic E-state index is 0.0444. The number of ether oxygens (including phenoxy) is 3. The van der Waals surface area contributed by atoms with Crippen LogP contribution >= 0.6 is 11.6 Å². The van der Waals surface area contributed by atoms with Gasteiger partial charge in [0.25, 0.3) is 11.8 Å². The first kappa shape index (κ1) is 21.0. The summed E-state index contributed by atoms with van der Waals surface area (Å²) < 4.78 is 15.4. The van der Waals surface area contributed by atoms with Crippen LogP contribution in [0.25, 0.3) is 6.08 Å². The van der Waals surface area contributed by atoms with Crippen LogP contribution in [0.3, 0.4) is 0 Å². The van der Waals surface area contributed by atoms with E-state index < -0.39 is 17.8 Å². The van der Waals surface area contributed by atoms with Gasteiger partial charge in [-0.2, -0.15) is 0 Å². The summed E-state index contributed by atoms with van der Waals surface area (Å²) in [7, 11) is 4.09. The molecule has 0 aromatic heterocycles. The van der Waals surface area contributed by atoms with E-state index in [2.05, 4.69) is 5.32 Å². The van der Waals surface area contributed by atoms with E-state index >= 15 is 0 Å². The summed E-state index contributed by atoms with van der Waals surface area (Å²) in [6.07, 6.45) is 1.28. The van der Waals surface area contributed by atoms with Crippen molar-refractivity contribution in [1.82, 2.24) is 5.32 Å². The van der Waals surface area contributed by atoms with Crippen molar-refractivity contribution < 1.29 is 33.7 Å². The summed E-state index contributed by atoms with van der Waals surface area (Å²) in [6, 6.07) is 6.07. The van der Waals surface area contributed by atoms with Crippen molar-refractivity contribution in [3.05, 3.63) is 46.5 Å². The number of phenolic OH excluding ortho intramolecular Hbond substituents is 1. The molecule has 0 radical (unpaired) electrons. The van der Waals surface area contributed by atoms with Crippen LogP contribution in [0.2, 0.25) is 5.02 Å². The maximum atomic E-state index is 13.1. The number of hydrogen-bond acceptors (Lipinski definition) is 7. The average molecular weight is 433 g/mol. The lowest BCUT2D eigenvalue weighted by molar-refractivity contribution is -0.122. The second-order valence-electron chi connectivity index (χ2n) is 6.05. The van der Waals surface area contributed by atoms with Gasteiger partial charge in [0.05, 0.1) is 32.0 Å². The molecule has 0 aliphatic carbocycles. The molecule has 0 saturated carbocycles. The molecule has 4 amide bonds. The van der Waals surface area contributed by atoms with Gasteiger partial charge in [-0.15, -0.1) is 0 Å². The lowest BCUT2D eigenvalue weighted by Gasteiger charge is -2.28. The number of rotatable bonds is 5. The van der Waals surface area contributed by atoms with Crippen molar-refractivity contribution in [1.29, 1.82) is 0 Å². The van der Waals surface area contributed by atoms with Gasteiger partial charge in [0.1, 0.15) is 17.1 Å². The molecule has 1 heterocycles. The number of imide groups is 2. The highest BCUT2D eigenvalue weighted by Gasteiger charge is 2.38. The van der Waals surface area contributed by atoms with Gasteiger partial charge in [-0.25, -0.2) is 9.69 Å². The van der Waals surface area contributed by atoms with Crippen molar-refractivity contribution in [2.75, 3.05) is 26.2 Å². The van der Waals surface area contributed by atoms with E-state index in [1.807, 2.05) is 0 Å². The van der Waals surface area contributed by atoms with Gasteiger partial charge in [-0.1, -0.05) is 17.7 Å². The quantitative estimate of drug-likeness (QED) is 0.551. The first-order chi connectivity index (χ1) is 14.3. The van der Waals surface area contributed by atoms with Gasteiger partial charge in [0.15, 0.2) is 11.5 Å². The van der Waals surface area contributed by atoms with Gasteiger partial charge >= 0.3 is 6.03 Å². The number of hydrogen-bond donors (Lipinski definition) is 2. The second kappa shape index (κ2) is 8.34. The highest BCUT2D eigenvalue weighted by molar-refractivity contribution is 6.39. The average Bonchev–Trinajstić information content (AvgIpc) is 2.72. The zero-order chi connectivity index (χ0) is 22.0. The number of benzene rings is 2. The minimum Gasteiger partial charge on any atom is -0.504 e. The van der Waals surface area contributed by atoms with Crippen molar-refractivity contribution in [3.63, 3.8) is 0 Å². The van der Waals surface area contributed by atoms with Crippen LogP contribution in [0, 0.1) is 0 Å². The lowest BCUT2D eigenvalue weighted by Crippen LogP contribution is -2.54. The molecule has 2 aromatic rings. The normalized spacial score (nSPS) is 15.3. The number of anilines is 1. The third-order valence-electron chi connectivity index (χ3n) is 4.31. The van der Waals surface area contributed by atoms with E-state index in [1.54, 1.807) is 0 Å². The number of barbiturate groups is 1. The molecule has 9 nitrogen and oxygen atoms in total. The monoisotopic (exact) mass is 432 g/mol. The van der Waals surface area contributed by atoms with E-state index in [0.29, 0.717) is 5.56 Å². The molecule has 0 bridgehead atoms. The Hall–Kier alpha value is -3.72. The Morgan fingerprint density at radius 2 is 1.63 bits per heavy atom. The Labute approximate surface area is 176 Å². The van der Waals surface area contributed by atoms with Crippen LogP contribution in [0.5, 0.6) is 23.0 Å². The van der Waals surface area contributed by atoms with Crippen molar-refractivity contribution in [2.24, 2.45) is 0 Å². The maximum Gasteiger partial charge on any atom is 0.336 e. The van der Waals surface area contributed by atoms with E-state index in [9.17, 15) is 19.5 Å². The molecule has 1 aliphatic heterocycles. The molecule has 1 saturated heterocycles. The number of amides is 4. The molecule has 10 heteroatoms. The summed E-state index contributed by atoms with van der Waals surface area (Å²) in [5.74, 6) is -1.35. The Balaban J connectivity index is 2.10. The number of methoxy groups -OCH3 is 3. The minimum atomic E-state index is -0.951. The van der Waals surface area contributed by atoms with Gasteiger partial charge in [-0.3, -0.25) is 14.9 Å². The summed E-state index contributed by atoms with van der Waals surface area (Å²) in [6.45, 7) is 0. The van der Waals surface area contributed by atoms with Crippen molar-refractivity contribution in [2.45, 2.75) is 0 Å². The van der Waals surface area contributed by atoms with Crippen LogP contribution in [0.1, 0.15) is 5.56 Å². The topological polar surface area (TPSA) is 114 Å². The fraction of sp³-hybridized carbons (Fsp3) is 0.150. The highest BCUT2D eigenvalue weighted by atomic mass is 35.5. The number of phenols is 1. The fourth-order valence-electron chi connectivity index (χ4n) is 2.85. The highest BCUT2D eigenvalue weighted by Crippen LogP contribution is 2.39. The summed E-state index contributed by atoms with van der Waals surface area (Å²) in [5.41, 5.74) is 0.138. The predicted octanol–water partition coefficient (Wildman–Crippen LogP) is 2.74. The Morgan fingerprint density at radius 1 is 0.967 bits per heavy atom. The molecule has 2 N–H and O–H groups in total. The molecule has 3 rings (SSSR count). The third kappa shape index (κ3) is 3.74. The van der Waals surface area contributed by atoms with E-state index in [-0.39, 0.29) is 39.3 Å². The molecular weight excluding hydrogens is 416 g/mol. The van der Waals surface area contributed by atoms with Crippen LogP contribution in [0.4, 0.5) is 10.5 Å². The third-order valence-corrected chi connectivity index (χ3v) is 4.61. The molecule has 1 fully saturated rings. The maximum absolute atomic E-state index is 13.1. The number of nitrogens with one attached hydrogen (secondary N) is 1. The van der Waals surface area contributed by atoms with Crippen LogP contribution < -0.4 is 24.4 Å². The zero-order valence-electron chi connectivity index (χ0n) is 16.2. The Bertz CT molecular complexity index is 1080. The lowest BCUT2D eigenvalue weighted by atomic mass is 10.1. The molecule has 0 atom stereocenters. The largest absolute Gasteiger partial charge is 0.504 e. The fourth-order valence-corrected chi connectivity index (χ4v) is 3.08. The molecule has 0 spiro atoms. The number of carbonyl (C=O) groups is 3. The van der Waals surface area contributed by atoms with Gasteiger partial charge < -0.3 is 19.3 Å². The second-order valence-corrected chi connectivity index (χ2v) is 6.45. The van der Waals surface area contributed by atoms with Crippen molar-refractivity contribution >= 4 is 41.2 Å². The standard InChI is InChI=1S/C20H17ClN2O7/c1-28-15-9-13(16(29-2)8-12(15)21)23-19(26)11(18(25)22-20(23)27)6-10-4-5-14(24)17(7-10)30-3/h4-9,24H,1-3H3,(H,22,25,27)/b11-6+. The van der Waals surface area contributed by atoms with Gasteiger partial charge in [-0.05, 0) is 23.8 Å². The number of carbonyl (C=O) groups excluding carboxylic acids is 3. The molecule has 156 valence electrons. The number of halogens is 1. The van der Waals surface area contributed by atoms with Crippen LogP contribution in [-0.2, 0) is 9.59 Å². The first-order valence-corrected chi connectivity index (χ1v) is 8.88. The van der Waals surface area contributed by atoms with E-state index in [4.69, 9.17) is 25.8 Å².